The summed E-state index contributed by atoms with van der Waals surface area (Å²) in [6, 6.07) is 15.2. The molecule has 1 heterocycles. The Labute approximate surface area is 116 Å². The molecule has 1 aromatic heterocycles. The first kappa shape index (κ1) is 11.8. The van der Waals surface area contributed by atoms with Crippen LogP contribution in [-0.2, 0) is 0 Å². The van der Waals surface area contributed by atoms with Gasteiger partial charge in [-0.2, -0.15) is 0 Å². The quantitative estimate of drug-likeness (QED) is 0.685. The van der Waals surface area contributed by atoms with Crippen LogP contribution in [0.1, 0.15) is 0 Å². The topological polar surface area (TPSA) is 50.9 Å². The fraction of sp³-hybridized carbons (Fsp3) is 0. The second-order valence-electron chi connectivity index (χ2n) is 4.20. The van der Waals surface area contributed by atoms with Crippen LogP contribution in [0.4, 0.5) is 17.1 Å². The minimum atomic E-state index is 0.660. The molecule has 0 unspecified atom stereocenters. The number of hydrogen-bond donors (Lipinski definition) is 2. The van der Waals surface area contributed by atoms with E-state index >= 15 is 0 Å². The van der Waals surface area contributed by atoms with Gasteiger partial charge in [-0.1, -0.05) is 23.7 Å². The molecule has 0 radical (unpaired) electrons. The van der Waals surface area contributed by atoms with E-state index in [-0.39, 0.29) is 0 Å². The van der Waals surface area contributed by atoms with Crippen LogP contribution in [0, 0.1) is 0 Å². The lowest BCUT2D eigenvalue weighted by molar-refractivity contribution is 1.41. The van der Waals surface area contributed by atoms with Gasteiger partial charge in [0.2, 0.25) is 0 Å². The van der Waals surface area contributed by atoms with Gasteiger partial charge in [0.25, 0.3) is 0 Å². The van der Waals surface area contributed by atoms with Crippen molar-refractivity contribution < 1.29 is 0 Å². The van der Waals surface area contributed by atoms with Gasteiger partial charge in [0.15, 0.2) is 0 Å². The van der Waals surface area contributed by atoms with Crippen molar-refractivity contribution in [1.82, 2.24) is 4.98 Å². The number of para-hydroxylation sites is 1. The molecular formula is C15H12ClN3. The summed E-state index contributed by atoms with van der Waals surface area (Å²) in [4.78, 5) is 4.27. The first-order valence-corrected chi connectivity index (χ1v) is 6.28. The zero-order valence-electron chi connectivity index (χ0n) is 10.1. The largest absolute Gasteiger partial charge is 0.396 e. The number of aromatic nitrogens is 1. The Hall–Kier alpha value is -2.26. The van der Waals surface area contributed by atoms with E-state index in [1.54, 1.807) is 6.20 Å². The van der Waals surface area contributed by atoms with Gasteiger partial charge in [-0.05, 0) is 36.4 Å². The molecule has 0 amide bonds. The minimum Gasteiger partial charge on any atom is -0.396 e. The number of nitrogens with one attached hydrogen (secondary N) is 1. The standard InChI is InChI=1S/C15H12ClN3/c16-11-5-1-2-6-13(11)19-14-8-7-12-10(15(14)17)4-3-9-18-12/h1-9,19H,17H2. The molecule has 0 aliphatic carbocycles. The van der Waals surface area contributed by atoms with Crippen molar-refractivity contribution in [1.29, 1.82) is 0 Å². The smallest absolute Gasteiger partial charge is 0.0724 e. The molecule has 4 heteroatoms. The van der Waals surface area contributed by atoms with Crippen molar-refractivity contribution in [3.05, 3.63) is 59.8 Å². The summed E-state index contributed by atoms with van der Waals surface area (Å²) >= 11 is 6.13. The second-order valence-corrected chi connectivity index (χ2v) is 4.61. The van der Waals surface area contributed by atoms with Crippen molar-refractivity contribution in [2.45, 2.75) is 0 Å². The fourth-order valence-corrected chi connectivity index (χ4v) is 2.17. The summed E-state index contributed by atoms with van der Waals surface area (Å²) in [6.45, 7) is 0. The van der Waals surface area contributed by atoms with Crippen molar-refractivity contribution in [2.24, 2.45) is 0 Å². The van der Waals surface area contributed by atoms with E-state index in [9.17, 15) is 0 Å². The lowest BCUT2D eigenvalue weighted by Crippen LogP contribution is -1.98. The van der Waals surface area contributed by atoms with E-state index in [2.05, 4.69) is 10.3 Å². The van der Waals surface area contributed by atoms with Gasteiger partial charge in [0, 0.05) is 11.6 Å². The molecule has 0 saturated heterocycles. The zero-order chi connectivity index (χ0) is 13.2. The highest BCUT2D eigenvalue weighted by atomic mass is 35.5. The van der Waals surface area contributed by atoms with E-state index in [0.717, 1.165) is 22.3 Å². The first-order valence-electron chi connectivity index (χ1n) is 5.90. The van der Waals surface area contributed by atoms with Crippen LogP contribution in [-0.4, -0.2) is 4.98 Å². The van der Waals surface area contributed by atoms with Gasteiger partial charge >= 0.3 is 0 Å². The van der Waals surface area contributed by atoms with Gasteiger partial charge in [0.1, 0.15) is 0 Å². The molecule has 3 rings (SSSR count). The molecule has 3 nitrogen and oxygen atoms in total. The predicted molar refractivity (Wildman–Crippen MR) is 80.9 cm³/mol. The molecule has 0 atom stereocenters. The van der Waals surface area contributed by atoms with Crippen LogP contribution < -0.4 is 11.1 Å². The highest BCUT2D eigenvalue weighted by molar-refractivity contribution is 6.33. The summed E-state index contributed by atoms with van der Waals surface area (Å²) in [5, 5.41) is 4.84. The lowest BCUT2D eigenvalue weighted by atomic mass is 10.1. The van der Waals surface area contributed by atoms with Crippen LogP contribution in [0.5, 0.6) is 0 Å². The summed E-state index contributed by atoms with van der Waals surface area (Å²) in [5.41, 5.74) is 9.38. The number of pyridine rings is 1. The van der Waals surface area contributed by atoms with Crippen LogP contribution >= 0.6 is 11.6 Å². The van der Waals surface area contributed by atoms with Gasteiger partial charge in [-0.15, -0.1) is 0 Å². The normalized spacial score (nSPS) is 10.6. The number of nitrogen functional groups attached to an aromatic ring is 1. The molecule has 0 saturated carbocycles. The monoisotopic (exact) mass is 269 g/mol. The molecule has 19 heavy (non-hydrogen) atoms. The summed E-state index contributed by atoms with van der Waals surface area (Å²) < 4.78 is 0. The SMILES string of the molecule is Nc1c(Nc2ccccc2Cl)ccc2ncccc12. The van der Waals surface area contributed by atoms with Crippen molar-refractivity contribution >= 4 is 39.6 Å². The molecule has 0 aliphatic heterocycles. The Kier molecular flexibility index (Phi) is 2.97. The van der Waals surface area contributed by atoms with Crippen molar-refractivity contribution in [2.75, 3.05) is 11.1 Å². The molecule has 3 N–H and O–H groups in total. The number of anilines is 3. The number of rotatable bonds is 2. The molecular weight excluding hydrogens is 258 g/mol. The van der Waals surface area contributed by atoms with Crippen LogP contribution in [0.15, 0.2) is 54.7 Å². The molecule has 0 fully saturated rings. The molecule has 0 bridgehead atoms. The highest BCUT2D eigenvalue weighted by Crippen LogP contribution is 2.32. The Bertz CT molecular complexity index is 740. The van der Waals surface area contributed by atoms with E-state index < -0.39 is 0 Å². The number of hydrogen-bond acceptors (Lipinski definition) is 3. The maximum atomic E-state index is 6.17. The zero-order valence-corrected chi connectivity index (χ0v) is 10.9. The second kappa shape index (κ2) is 4.78. The van der Waals surface area contributed by atoms with Gasteiger partial charge in [-0.3, -0.25) is 4.98 Å². The van der Waals surface area contributed by atoms with Gasteiger partial charge in [0.05, 0.1) is 27.6 Å². The summed E-state index contributed by atoms with van der Waals surface area (Å²) in [7, 11) is 0. The first-order chi connectivity index (χ1) is 9.25. The number of nitrogens with two attached hydrogens (primary N) is 1. The average Bonchev–Trinajstić information content (AvgIpc) is 2.44. The third-order valence-corrected chi connectivity index (χ3v) is 3.30. The fourth-order valence-electron chi connectivity index (χ4n) is 1.99. The maximum absolute atomic E-state index is 6.17. The number of nitrogens with zero attached hydrogens (tertiary/aromatic N) is 1. The number of halogens is 1. The summed E-state index contributed by atoms with van der Waals surface area (Å²) in [5.74, 6) is 0. The molecule has 94 valence electrons. The average molecular weight is 270 g/mol. The predicted octanol–water partition coefficient (Wildman–Crippen LogP) is 4.21. The third kappa shape index (κ3) is 2.20. The molecule has 0 spiro atoms. The van der Waals surface area contributed by atoms with E-state index in [4.69, 9.17) is 17.3 Å². The van der Waals surface area contributed by atoms with E-state index in [1.807, 2.05) is 48.5 Å². The van der Waals surface area contributed by atoms with E-state index in [0.29, 0.717) is 10.7 Å². The van der Waals surface area contributed by atoms with Crippen LogP contribution in [0.2, 0.25) is 5.02 Å². The Morgan fingerprint density at radius 3 is 2.63 bits per heavy atom. The van der Waals surface area contributed by atoms with Crippen molar-refractivity contribution in [3.63, 3.8) is 0 Å². The number of benzene rings is 2. The Morgan fingerprint density at radius 1 is 0.947 bits per heavy atom. The third-order valence-electron chi connectivity index (χ3n) is 2.97. The van der Waals surface area contributed by atoms with Crippen molar-refractivity contribution in [3.8, 4) is 0 Å². The Morgan fingerprint density at radius 2 is 1.79 bits per heavy atom. The van der Waals surface area contributed by atoms with Crippen LogP contribution in [0.3, 0.4) is 0 Å². The minimum absolute atomic E-state index is 0.660. The van der Waals surface area contributed by atoms with Gasteiger partial charge < -0.3 is 11.1 Å². The van der Waals surface area contributed by atoms with Crippen LogP contribution in [0.25, 0.3) is 10.9 Å². The molecule has 2 aromatic carbocycles. The maximum Gasteiger partial charge on any atom is 0.0724 e. The highest BCUT2D eigenvalue weighted by Gasteiger charge is 2.06. The van der Waals surface area contributed by atoms with E-state index in [1.165, 1.54) is 0 Å². The molecule has 0 aliphatic rings. The lowest BCUT2D eigenvalue weighted by Gasteiger charge is -2.12. The summed E-state index contributed by atoms with van der Waals surface area (Å²) in [6.07, 6.45) is 1.75. The Balaban J connectivity index is 2.07. The number of fused-ring (bicyclic) bond motifs is 1. The van der Waals surface area contributed by atoms with Gasteiger partial charge in [-0.25, -0.2) is 0 Å². The molecule has 3 aromatic rings.